The number of hydrogen-bond donors (Lipinski definition) is 2. The van der Waals surface area contributed by atoms with Gasteiger partial charge in [0.2, 0.25) is 0 Å². The number of aliphatic hydroxyl groups is 1. The molecule has 1 saturated carbocycles. The molecule has 0 unspecified atom stereocenters. The van der Waals surface area contributed by atoms with E-state index < -0.39 is 5.54 Å². The van der Waals surface area contributed by atoms with Crippen LogP contribution in [0.4, 0.5) is 5.69 Å². The van der Waals surface area contributed by atoms with E-state index >= 15 is 0 Å². The average Bonchev–Trinajstić information content (AvgIpc) is 3.32. The van der Waals surface area contributed by atoms with Crippen molar-refractivity contribution in [1.29, 1.82) is 0 Å². The number of fused-ring (bicyclic) bond motifs is 3. The highest BCUT2D eigenvalue weighted by atomic mass is 35.5. The van der Waals surface area contributed by atoms with Gasteiger partial charge in [-0.2, -0.15) is 0 Å². The highest BCUT2D eigenvalue weighted by molar-refractivity contribution is 6.30. The summed E-state index contributed by atoms with van der Waals surface area (Å²) in [4.78, 5) is 18.0. The summed E-state index contributed by atoms with van der Waals surface area (Å²) in [5, 5.41) is 14.2. The molecule has 234 valence electrons. The number of halogens is 1. The second-order valence-corrected chi connectivity index (χ2v) is 14.0. The van der Waals surface area contributed by atoms with Crippen LogP contribution < -0.4 is 10.1 Å². The molecule has 6 rings (SSSR count). The van der Waals surface area contributed by atoms with Crippen LogP contribution in [0.3, 0.4) is 0 Å². The molecular weight excluding hydrogens is 572 g/mol. The van der Waals surface area contributed by atoms with Gasteiger partial charge in [0.15, 0.2) is 0 Å². The molecular formula is C37H45ClN2O4. The van der Waals surface area contributed by atoms with Gasteiger partial charge < -0.3 is 19.9 Å². The third kappa shape index (κ3) is 5.83. The van der Waals surface area contributed by atoms with Crippen LogP contribution in [0, 0.1) is 11.8 Å². The largest absolute Gasteiger partial charge is 0.493 e. The Morgan fingerprint density at radius 1 is 1.16 bits per heavy atom. The summed E-state index contributed by atoms with van der Waals surface area (Å²) in [5.74, 6) is 2.01. The molecule has 1 fully saturated rings. The van der Waals surface area contributed by atoms with Crippen LogP contribution in [0.25, 0.3) is 0 Å². The van der Waals surface area contributed by atoms with Crippen molar-refractivity contribution in [3.05, 3.63) is 87.7 Å². The molecule has 3 atom stereocenters. The van der Waals surface area contributed by atoms with Crippen molar-refractivity contribution in [2.75, 3.05) is 19.0 Å². The molecule has 1 heterocycles. The number of anilines is 1. The number of benzene rings is 2. The van der Waals surface area contributed by atoms with E-state index in [-0.39, 0.29) is 18.0 Å². The summed E-state index contributed by atoms with van der Waals surface area (Å²) in [6.07, 6.45) is 10.3. The number of esters is 1. The van der Waals surface area contributed by atoms with Gasteiger partial charge in [-0.25, -0.2) is 4.79 Å². The van der Waals surface area contributed by atoms with Gasteiger partial charge in [-0.05, 0) is 122 Å². The minimum atomic E-state index is -0.821. The SMILES string of the molecule is COC(=O)C1(Nc2cccc(Cl)c2)CCC2(CC1)c1cc(CO)ccc1C[C@@H]2C[C@@H](C)COc1ccnc2c1[C@H](C)CCC2. The lowest BCUT2D eigenvalue weighted by Crippen LogP contribution is -2.53. The normalized spacial score (nSPS) is 26.5. The maximum Gasteiger partial charge on any atom is 0.331 e. The Labute approximate surface area is 266 Å². The van der Waals surface area contributed by atoms with Gasteiger partial charge >= 0.3 is 5.97 Å². The summed E-state index contributed by atoms with van der Waals surface area (Å²) < 4.78 is 11.9. The highest BCUT2D eigenvalue weighted by Crippen LogP contribution is 2.56. The number of carbonyl (C=O) groups is 1. The van der Waals surface area contributed by atoms with Crippen molar-refractivity contribution >= 4 is 23.3 Å². The molecule has 3 aromatic rings. The first-order valence-corrected chi connectivity index (χ1v) is 16.6. The smallest absolute Gasteiger partial charge is 0.331 e. The van der Waals surface area contributed by atoms with Crippen LogP contribution >= 0.6 is 11.6 Å². The molecule has 2 N–H and O–H groups in total. The van der Waals surface area contributed by atoms with Crippen molar-refractivity contribution < 1.29 is 19.4 Å². The van der Waals surface area contributed by atoms with Crippen LogP contribution in [-0.2, 0) is 34.4 Å². The third-order valence-electron chi connectivity index (χ3n) is 10.7. The lowest BCUT2D eigenvalue weighted by molar-refractivity contribution is -0.148. The molecule has 0 amide bonds. The van der Waals surface area contributed by atoms with Crippen LogP contribution in [0.15, 0.2) is 54.7 Å². The Morgan fingerprint density at radius 2 is 1.98 bits per heavy atom. The van der Waals surface area contributed by atoms with Gasteiger partial charge in [0.25, 0.3) is 0 Å². The lowest BCUT2D eigenvalue weighted by Gasteiger charge is -2.48. The molecule has 0 saturated heterocycles. The zero-order valence-corrected chi connectivity index (χ0v) is 27.0. The van der Waals surface area contributed by atoms with Crippen molar-refractivity contribution in [3.8, 4) is 5.75 Å². The first-order valence-electron chi connectivity index (χ1n) is 16.2. The van der Waals surface area contributed by atoms with Crippen LogP contribution in [0.5, 0.6) is 5.75 Å². The fraction of sp³-hybridized carbons (Fsp3) is 0.514. The van der Waals surface area contributed by atoms with E-state index in [1.54, 1.807) is 0 Å². The minimum absolute atomic E-state index is 0.0232. The van der Waals surface area contributed by atoms with Gasteiger partial charge in [0.05, 0.1) is 20.3 Å². The second kappa shape index (κ2) is 12.7. The Bertz CT molecular complexity index is 1500. The number of rotatable bonds is 9. The molecule has 1 spiro atoms. The quantitative estimate of drug-likeness (QED) is 0.239. The van der Waals surface area contributed by atoms with Gasteiger partial charge in [-0.1, -0.05) is 49.7 Å². The first-order chi connectivity index (χ1) is 21.3. The van der Waals surface area contributed by atoms with Gasteiger partial charge in [-0.3, -0.25) is 4.98 Å². The van der Waals surface area contributed by atoms with Crippen LogP contribution in [0.1, 0.15) is 92.7 Å². The Morgan fingerprint density at radius 3 is 2.73 bits per heavy atom. The molecule has 3 aliphatic carbocycles. The number of ether oxygens (including phenoxy) is 2. The van der Waals surface area contributed by atoms with E-state index in [0.29, 0.717) is 42.2 Å². The number of methoxy groups -OCH3 is 1. The topological polar surface area (TPSA) is 80.7 Å². The predicted octanol–water partition coefficient (Wildman–Crippen LogP) is 7.78. The van der Waals surface area contributed by atoms with Crippen molar-refractivity contribution in [1.82, 2.24) is 4.98 Å². The highest BCUT2D eigenvalue weighted by Gasteiger charge is 2.54. The molecule has 3 aliphatic rings. The van der Waals surface area contributed by atoms with E-state index in [1.807, 2.05) is 36.5 Å². The summed E-state index contributed by atoms with van der Waals surface area (Å²) in [5.41, 5.74) is 6.07. The van der Waals surface area contributed by atoms with E-state index in [0.717, 1.165) is 49.1 Å². The van der Waals surface area contributed by atoms with Crippen molar-refractivity contribution in [2.24, 2.45) is 11.8 Å². The lowest BCUT2D eigenvalue weighted by atomic mass is 9.59. The summed E-state index contributed by atoms with van der Waals surface area (Å²) in [6.45, 7) is 5.27. The molecule has 7 heteroatoms. The van der Waals surface area contributed by atoms with Gasteiger partial charge in [-0.15, -0.1) is 0 Å². The van der Waals surface area contributed by atoms with E-state index in [1.165, 1.54) is 42.3 Å². The zero-order chi connectivity index (χ0) is 30.9. The molecule has 0 aliphatic heterocycles. The molecule has 1 aromatic heterocycles. The maximum absolute atomic E-state index is 13.4. The minimum Gasteiger partial charge on any atom is -0.493 e. The number of aliphatic hydroxyl groups excluding tert-OH is 1. The maximum atomic E-state index is 13.4. The molecule has 6 nitrogen and oxygen atoms in total. The summed E-state index contributed by atoms with van der Waals surface area (Å²) in [7, 11) is 1.47. The van der Waals surface area contributed by atoms with E-state index in [4.69, 9.17) is 21.1 Å². The fourth-order valence-corrected chi connectivity index (χ4v) is 8.62. The fourth-order valence-electron chi connectivity index (χ4n) is 8.43. The number of hydrogen-bond acceptors (Lipinski definition) is 6. The average molecular weight is 617 g/mol. The number of aryl methyl sites for hydroxylation is 1. The predicted molar refractivity (Wildman–Crippen MR) is 174 cm³/mol. The van der Waals surface area contributed by atoms with E-state index in [9.17, 15) is 9.90 Å². The number of pyridine rings is 1. The van der Waals surface area contributed by atoms with Crippen LogP contribution in [0.2, 0.25) is 5.02 Å². The van der Waals surface area contributed by atoms with Crippen molar-refractivity contribution in [3.63, 3.8) is 0 Å². The molecule has 44 heavy (non-hydrogen) atoms. The summed E-state index contributed by atoms with van der Waals surface area (Å²) >= 11 is 6.29. The third-order valence-corrected chi connectivity index (χ3v) is 10.9. The standard InChI is InChI=1S/C37H45ClN2O4/c1-24(23-44-33-12-17-39-32-9-4-6-25(2)34(32)33)18-28-20-27-11-10-26(22-41)19-31(27)36(28)13-15-37(16-14-36,35(42)43-3)40-30-8-5-7-29(38)21-30/h5,7-8,10-12,17,19,21,24-25,28,40-41H,4,6,9,13-16,18,20,22-23H2,1-3H3/t24-,25-,28+,36?,37?/m1/s1. The monoisotopic (exact) mass is 616 g/mol. The number of nitrogens with one attached hydrogen (secondary N) is 1. The zero-order valence-electron chi connectivity index (χ0n) is 26.2. The van der Waals surface area contributed by atoms with Crippen LogP contribution in [-0.4, -0.2) is 35.3 Å². The Balaban J connectivity index is 1.23. The van der Waals surface area contributed by atoms with Crippen molar-refractivity contribution in [2.45, 2.75) is 95.1 Å². The number of carbonyl (C=O) groups excluding carboxylic acids is 1. The molecule has 2 aromatic carbocycles. The number of nitrogens with zero attached hydrogens (tertiary/aromatic N) is 1. The van der Waals surface area contributed by atoms with Gasteiger partial charge in [0, 0.05) is 28.2 Å². The summed E-state index contributed by atoms with van der Waals surface area (Å²) in [6, 6.07) is 16.1. The molecule has 0 radical (unpaired) electrons. The second-order valence-electron chi connectivity index (χ2n) is 13.5. The number of aromatic nitrogens is 1. The Hall–Kier alpha value is -3.09. The Kier molecular flexibility index (Phi) is 8.94. The van der Waals surface area contributed by atoms with Gasteiger partial charge in [0.1, 0.15) is 11.3 Å². The molecule has 0 bridgehead atoms. The van der Waals surface area contributed by atoms with E-state index in [2.05, 4.69) is 42.3 Å². The first kappa shape index (κ1) is 30.9.